The fourth-order valence-corrected chi connectivity index (χ4v) is 1.75. The minimum Gasteiger partial charge on any atom is -0.481 e. The van der Waals surface area contributed by atoms with Gasteiger partial charge < -0.3 is 9.84 Å². The van der Waals surface area contributed by atoms with Crippen LogP contribution in [0.4, 0.5) is 43.9 Å². The zero-order valence-electron chi connectivity index (χ0n) is 11.4. The number of carbonyl (C=O) groups is 2. The highest BCUT2D eigenvalue weighted by Gasteiger charge is 2.96. The molecule has 4 nitrogen and oxygen atoms in total. The van der Waals surface area contributed by atoms with Crippen LogP contribution in [0.25, 0.3) is 0 Å². The summed E-state index contributed by atoms with van der Waals surface area (Å²) in [5.41, 5.74) is -1.43. The molecule has 0 amide bonds. The predicted molar refractivity (Wildman–Crippen MR) is 56.0 cm³/mol. The van der Waals surface area contributed by atoms with Crippen LogP contribution in [0.3, 0.4) is 0 Å². The van der Waals surface area contributed by atoms with Gasteiger partial charge in [-0.3, -0.25) is 4.79 Å². The summed E-state index contributed by atoms with van der Waals surface area (Å²) in [6, 6.07) is 0. The Labute approximate surface area is 131 Å². The third-order valence-corrected chi connectivity index (χ3v) is 3.17. The van der Waals surface area contributed by atoms with E-state index < -0.39 is 59.6 Å². The minimum absolute atomic E-state index is 1.43. The maximum atomic E-state index is 14.0. The molecule has 0 bridgehead atoms. The normalized spacial score (nSPS) is 31.8. The smallest absolute Gasteiger partial charge is 0.387 e. The van der Waals surface area contributed by atoms with E-state index in [-0.39, 0.29) is 0 Å². The van der Waals surface area contributed by atoms with Crippen LogP contribution in [-0.2, 0) is 14.3 Å². The Kier molecular flexibility index (Phi) is 4.62. The summed E-state index contributed by atoms with van der Waals surface area (Å²) >= 11 is 0. The molecule has 0 radical (unpaired) electrons. The summed E-state index contributed by atoms with van der Waals surface area (Å²) in [5.74, 6) is -38.6. The van der Waals surface area contributed by atoms with Gasteiger partial charge in [-0.2, -0.15) is 39.5 Å². The first-order valence-electron chi connectivity index (χ1n) is 5.85. The zero-order valence-corrected chi connectivity index (χ0v) is 11.4. The van der Waals surface area contributed by atoms with Gasteiger partial charge in [-0.1, -0.05) is 6.58 Å². The van der Waals surface area contributed by atoms with E-state index in [0.29, 0.717) is 0 Å². The zero-order chi connectivity index (χ0) is 20.2. The van der Waals surface area contributed by atoms with Gasteiger partial charge in [0.1, 0.15) is 0 Å². The Morgan fingerprint density at radius 2 is 1.36 bits per heavy atom. The Bertz CT molecular complexity index is 616. The molecule has 0 aliphatic heterocycles. The lowest BCUT2D eigenvalue weighted by molar-refractivity contribution is -0.473. The van der Waals surface area contributed by atoms with Crippen LogP contribution in [-0.4, -0.2) is 52.8 Å². The molecule has 1 aliphatic rings. The van der Waals surface area contributed by atoms with Gasteiger partial charge in [-0.15, -0.1) is 0 Å². The van der Waals surface area contributed by atoms with Crippen molar-refractivity contribution in [3.8, 4) is 0 Å². The van der Waals surface area contributed by atoms with Crippen LogP contribution in [0.5, 0.6) is 0 Å². The number of carboxylic acids is 1. The highest BCUT2D eigenvalue weighted by molar-refractivity contribution is 5.93. The van der Waals surface area contributed by atoms with E-state index in [9.17, 15) is 53.5 Å². The van der Waals surface area contributed by atoms with Crippen molar-refractivity contribution in [1.29, 1.82) is 0 Å². The third-order valence-electron chi connectivity index (χ3n) is 3.17. The molecule has 0 saturated heterocycles. The van der Waals surface area contributed by atoms with E-state index in [1.165, 1.54) is 0 Å². The van der Waals surface area contributed by atoms with Crippen molar-refractivity contribution in [2.24, 2.45) is 0 Å². The van der Waals surface area contributed by atoms with Gasteiger partial charge in [0.05, 0.1) is 6.42 Å². The maximum Gasteiger partial charge on any atom is 0.387 e. The summed E-state index contributed by atoms with van der Waals surface area (Å²) in [6.07, 6.45) is -6.87. The van der Waals surface area contributed by atoms with E-state index in [1.54, 1.807) is 0 Å². The van der Waals surface area contributed by atoms with Gasteiger partial charge in [0, 0.05) is 5.57 Å². The number of alkyl halides is 10. The van der Waals surface area contributed by atoms with Crippen molar-refractivity contribution < 1.29 is 63.3 Å². The second kappa shape index (κ2) is 5.49. The van der Waals surface area contributed by atoms with Crippen molar-refractivity contribution in [3.05, 3.63) is 12.2 Å². The number of aliphatic carboxylic acids is 1. The lowest BCUT2D eigenvalue weighted by atomic mass is 9.80. The second-order valence-corrected chi connectivity index (χ2v) is 4.92. The van der Waals surface area contributed by atoms with Gasteiger partial charge in [0.25, 0.3) is 0 Å². The third kappa shape index (κ3) is 2.52. The van der Waals surface area contributed by atoms with E-state index >= 15 is 0 Å². The molecular formula is C11H6F10O4. The fraction of sp³-hybridized carbons (Fsp3) is 0.636. The predicted octanol–water partition coefficient (Wildman–Crippen LogP) is 3.12. The quantitative estimate of drug-likeness (QED) is 0.454. The molecule has 14 heteroatoms. The van der Waals surface area contributed by atoms with Crippen molar-refractivity contribution in [3.63, 3.8) is 0 Å². The minimum atomic E-state index is -7.17. The molecular weight excluding hydrogens is 386 g/mol. The van der Waals surface area contributed by atoms with Crippen molar-refractivity contribution in [2.45, 2.75) is 42.1 Å². The number of carboxylic acid groups (broad SMARTS) is 1. The van der Waals surface area contributed by atoms with Gasteiger partial charge in [-0.25, -0.2) is 9.18 Å². The summed E-state index contributed by atoms with van der Waals surface area (Å²) in [6.45, 7) is 2.55. The van der Waals surface area contributed by atoms with Gasteiger partial charge >= 0.3 is 41.5 Å². The van der Waals surface area contributed by atoms with Crippen molar-refractivity contribution >= 4 is 11.9 Å². The molecule has 0 aromatic carbocycles. The number of esters is 1. The molecule has 1 N–H and O–H groups in total. The van der Waals surface area contributed by atoms with Crippen LogP contribution < -0.4 is 0 Å². The molecule has 0 heterocycles. The molecule has 25 heavy (non-hydrogen) atoms. The maximum absolute atomic E-state index is 14.0. The molecule has 0 aromatic heterocycles. The lowest BCUT2D eigenvalue weighted by Gasteiger charge is -2.49. The largest absolute Gasteiger partial charge is 0.481 e. The average Bonchev–Trinajstić information content (AvgIpc) is 2.43. The molecule has 1 aliphatic carbocycles. The van der Waals surface area contributed by atoms with Crippen molar-refractivity contribution in [2.75, 3.05) is 0 Å². The first kappa shape index (κ1) is 21.0. The van der Waals surface area contributed by atoms with Crippen LogP contribution in [0, 0.1) is 0 Å². The molecule has 2 atom stereocenters. The van der Waals surface area contributed by atoms with Crippen LogP contribution in [0.2, 0.25) is 0 Å². The Hall–Kier alpha value is -2.02. The standard InChI is InChI=1S/C11H6F10O4/c1-3(2-4(22)23)5(24)25-8(15)6(12)7(13,14)9(16,17)11(20,21)10(8,18)19/h6H,1-2H2,(H,22,23). The second-order valence-electron chi connectivity index (χ2n) is 4.92. The molecule has 0 aromatic rings. The average molecular weight is 392 g/mol. The van der Waals surface area contributed by atoms with Gasteiger partial charge in [0.2, 0.25) is 6.17 Å². The van der Waals surface area contributed by atoms with Crippen LogP contribution in [0.1, 0.15) is 6.42 Å². The van der Waals surface area contributed by atoms with E-state index in [0.717, 1.165) is 0 Å². The van der Waals surface area contributed by atoms with Gasteiger partial charge in [0.15, 0.2) is 0 Å². The highest BCUT2D eigenvalue weighted by Crippen LogP contribution is 2.65. The highest BCUT2D eigenvalue weighted by atomic mass is 19.4. The monoisotopic (exact) mass is 392 g/mol. The first-order valence-corrected chi connectivity index (χ1v) is 5.85. The molecule has 1 fully saturated rings. The van der Waals surface area contributed by atoms with E-state index in [2.05, 4.69) is 11.3 Å². The number of rotatable bonds is 4. The van der Waals surface area contributed by atoms with E-state index in [4.69, 9.17) is 5.11 Å². The summed E-state index contributed by atoms with van der Waals surface area (Å²) < 4.78 is 135. The number of hydrogen-bond acceptors (Lipinski definition) is 3. The summed E-state index contributed by atoms with van der Waals surface area (Å²) in [7, 11) is 0. The van der Waals surface area contributed by atoms with Crippen LogP contribution in [0.15, 0.2) is 12.2 Å². The van der Waals surface area contributed by atoms with Crippen LogP contribution >= 0.6 is 0 Å². The Balaban J connectivity index is 3.43. The molecule has 0 spiro atoms. The molecule has 1 rings (SSSR count). The number of carbonyl (C=O) groups excluding carboxylic acids is 1. The van der Waals surface area contributed by atoms with E-state index in [1.807, 2.05) is 0 Å². The van der Waals surface area contributed by atoms with Crippen molar-refractivity contribution in [1.82, 2.24) is 0 Å². The molecule has 144 valence electrons. The first-order chi connectivity index (χ1) is 10.9. The lowest BCUT2D eigenvalue weighted by Crippen LogP contribution is -2.80. The fourth-order valence-electron chi connectivity index (χ4n) is 1.75. The SMILES string of the molecule is C=C(CC(=O)O)C(=O)OC1(F)C(F)C(F)(F)C(F)(F)C(F)(F)C1(F)F. The molecule has 2 unspecified atom stereocenters. The Morgan fingerprint density at radius 1 is 0.920 bits per heavy atom. The van der Waals surface area contributed by atoms with Gasteiger partial charge in [-0.05, 0) is 0 Å². The molecule has 1 saturated carbocycles. The topological polar surface area (TPSA) is 63.6 Å². The summed E-state index contributed by atoms with van der Waals surface area (Å²) in [5, 5.41) is 8.27. The summed E-state index contributed by atoms with van der Waals surface area (Å²) in [4.78, 5) is 21.4. The number of halogens is 10. The Morgan fingerprint density at radius 3 is 1.76 bits per heavy atom. The number of ether oxygens (including phenoxy) is 1. The number of hydrogen-bond donors (Lipinski definition) is 1.